The fourth-order valence-corrected chi connectivity index (χ4v) is 4.42. The average molecular weight is 453 g/mol. The lowest BCUT2D eigenvalue weighted by Crippen LogP contribution is -2.42. The van der Waals surface area contributed by atoms with Crippen molar-refractivity contribution in [3.63, 3.8) is 0 Å². The van der Waals surface area contributed by atoms with Crippen LogP contribution in [0.2, 0.25) is 10.0 Å². The van der Waals surface area contributed by atoms with Crippen LogP contribution in [-0.2, 0) is 6.42 Å². The van der Waals surface area contributed by atoms with Gasteiger partial charge in [-0.3, -0.25) is 4.90 Å². The summed E-state index contributed by atoms with van der Waals surface area (Å²) >= 11 is 12.2. The maximum Gasteiger partial charge on any atom is 0.416 e. The summed E-state index contributed by atoms with van der Waals surface area (Å²) in [6.45, 7) is 0.477. The van der Waals surface area contributed by atoms with Crippen LogP contribution < -0.4 is 4.74 Å². The van der Waals surface area contributed by atoms with Crippen LogP contribution >= 0.6 is 23.2 Å². The van der Waals surface area contributed by atoms with Gasteiger partial charge >= 0.3 is 6.09 Å². The Morgan fingerprint density at radius 1 is 1.00 bits per heavy atom. The second-order valence-corrected chi connectivity index (χ2v) is 8.34. The zero-order valence-corrected chi connectivity index (χ0v) is 17.8. The van der Waals surface area contributed by atoms with E-state index in [-0.39, 0.29) is 5.75 Å². The van der Waals surface area contributed by atoms with Crippen molar-refractivity contribution in [2.75, 3.05) is 6.54 Å². The number of fused-ring (bicyclic) bond motifs is 3. The van der Waals surface area contributed by atoms with Gasteiger partial charge in [-0.25, -0.2) is 4.79 Å². The Morgan fingerprint density at radius 3 is 2.45 bits per heavy atom. The van der Waals surface area contributed by atoms with Gasteiger partial charge in [-0.1, -0.05) is 35.3 Å². The average Bonchev–Trinajstić information content (AvgIpc) is 3.13. The number of rotatable bonds is 2. The highest BCUT2D eigenvalue weighted by Crippen LogP contribution is 2.39. The van der Waals surface area contributed by atoms with E-state index < -0.39 is 12.1 Å². The molecule has 0 fully saturated rings. The summed E-state index contributed by atoms with van der Waals surface area (Å²) in [6, 6.07) is 18.9. The Bertz CT molecular complexity index is 1270. The molecule has 1 atom stereocenters. The molecule has 3 aromatic carbocycles. The minimum absolute atomic E-state index is 0.165. The van der Waals surface area contributed by atoms with Crippen LogP contribution in [0.15, 0.2) is 66.7 Å². The molecule has 2 N–H and O–H groups in total. The lowest BCUT2D eigenvalue weighted by molar-refractivity contribution is 0.135. The molecule has 0 aliphatic carbocycles. The van der Waals surface area contributed by atoms with E-state index in [2.05, 4.69) is 4.98 Å². The predicted molar refractivity (Wildman–Crippen MR) is 121 cm³/mol. The van der Waals surface area contributed by atoms with Crippen molar-refractivity contribution in [2.24, 2.45) is 0 Å². The first-order valence-electron chi connectivity index (χ1n) is 9.82. The summed E-state index contributed by atoms with van der Waals surface area (Å²) in [5.74, 6) is 0.589. The molecule has 31 heavy (non-hydrogen) atoms. The first kappa shape index (κ1) is 19.8. The number of carbonyl (C=O) groups excluding carboxylic acids is 1. The third-order valence-electron chi connectivity index (χ3n) is 5.55. The van der Waals surface area contributed by atoms with E-state index in [1.165, 1.54) is 0 Å². The number of H-pyrrole nitrogens is 1. The Labute approximate surface area is 188 Å². The molecule has 5 nitrogen and oxygen atoms in total. The van der Waals surface area contributed by atoms with Crippen molar-refractivity contribution < 1.29 is 14.6 Å². The number of aromatic amines is 1. The molecule has 0 saturated heterocycles. The number of halogens is 2. The lowest BCUT2D eigenvalue weighted by atomic mass is 9.92. The smallest absolute Gasteiger partial charge is 0.416 e. The number of hydrogen-bond donors (Lipinski definition) is 2. The summed E-state index contributed by atoms with van der Waals surface area (Å²) in [7, 11) is 0. The van der Waals surface area contributed by atoms with Crippen molar-refractivity contribution >= 4 is 40.2 Å². The normalized spacial score (nSPS) is 15.7. The predicted octanol–water partition coefficient (Wildman–Crippen LogP) is 6.33. The zero-order chi connectivity index (χ0) is 21.5. The molecule has 1 aliphatic rings. The number of ether oxygens (including phenoxy) is 1. The second-order valence-electron chi connectivity index (χ2n) is 7.47. The van der Waals surface area contributed by atoms with E-state index in [4.69, 9.17) is 27.9 Å². The maximum absolute atomic E-state index is 13.2. The maximum atomic E-state index is 13.2. The summed E-state index contributed by atoms with van der Waals surface area (Å²) in [4.78, 5) is 18.3. The molecule has 1 aliphatic heterocycles. The first-order valence-corrected chi connectivity index (χ1v) is 10.6. The quantitative estimate of drug-likeness (QED) is 0.373. The minimum atomic E-state index is -0.456. The molecule has 0 radical (unpaired) electrons. The van der Waals surface area contributed by atoms with Gasteiger partial charge in [0.25, 0.3) is 0 Å². The van der Waals surface area contributed by atoms with Crippen LogP contribution in [0, 0.1) is 0 Å². The number of carbonyl (C=O) groups is 1. The standard InChI is InChI=1S/C24H18Cl2N2O3/c25-15-3-8-18(9-4-15)31-24(30)28-12-11-19-20-13-16(26)5-10-21(20)27-22(19)23(28)14-1-6-17(29)7-2-14/h1-10,13,23,27,29H,11-12H2/t23-/m1/s1. The van der Waals surface area contributed by atoms with E-state index in [0.717, 1.165) is 27.7 Å². The van der Waals surface area contributed by atoms with Gasteiger partial charge < -0.3 is 14.8 Å². The van der Waals surface area contributed by atoms with E-state index in [0.29, 0.717) is 28.8 Å². The number of benzene rings is 3. The molecule has 1 amide bonds. The third-order valence-corrected chi connectivity index (χ3v) is 6.04. The van der Waals surface area contributed by atoms with Crippen LogP contribution in [-0.4, -0.2) is 27.6 Å². The van der Waals surface area contributed by atoms with Gasteiger partial charge in [0, 0.05) is 33.2 Å². The largest absolute Gasteiger partial charge is 0.508 e. The number of amides is 1. The van der Waals surface area contributed by atoms with E-state index in [1.54, 1.807) is 41.3 Å². The Kier molecular flexibility index (Phi) is 5.00. The molecule has 0 unspecified atom stereocenters. The number of aromatic hydroxyl groups is 1. The van der Waals surface area contributed by atoms with E-state index >= 15 is 0 Å². The van der Waals surface area contributed by atoms with Crippen molar-refractivity contribution in [1.82, 2.24) is 9.88 Å². The highest BCUT2D eigenvalue weighted by atomic mass is 35.5. The fourth-order valence-electron chi connectivity index (χ4n) is 4.12. The molecular weight excluding hydrogens is 435 g/mol. The number of phenolic OH excluding ortho intramolecular Hbond substituents is 1. The van der Waals surface area contributed by atoms with Crippen LogP contribution in [0.25, 0.3) is 10.9 Å². The summed E-state index contributed by atoms with van der Waals surface area (Å²) in [5, 5.41) is 12.0. The lowest BCUT2D eigenvalue weighted by Gasteiger charge is -2.35. The molecule has 2 heterocycles. The summed E-state index contributed by atoms with van der Waals surface area (Å²) in [6.07, 6.45) is 0.211. The number of nitrogens with zero attached hydrogens (tertiary/aromatic N) is 1. The van der Waals surface area contributed by atoms with Crippen molar-refractivity contribution in [2.45, 2.75) is 12.5 Å². The highest BCUT2D eigenvalue weighted by Gasteiger charge is 2.35. The Hall–Kier alpha value is -3.15. The minimum Gasteiger partial charge on any atom is -0.508 e. The molecule has 1 aromatic heterocycles. The van der Waals surface area contributed by atoms with Crippen LogP contribution in [0.5, 0.6) is 11.5 Å². The van der Waals surface area contributed by atoms with E-state index in [9.17, 15) is 9.90 Å². The van der Waals surface area contributed by atoms with Crippen molar-refractivity contribution in [3.8, 4) is 11.5 Å². The highest BCUT2D eigenvalue weighted by molar-refractivity contribution is 6.31. The molecular formula is C24H18Cl2N2O3. The third kappa shape index (κ3) is 3.71. The summed E-state index contributed by atoms with van der Waals surface area (Å²) in [5.41, 5.74) is 3.88. The second kappa shape index (κ2) is 7.84. The van der Waals surface area contributed by atoms with Gasteiger partial charge in [-0.15, -0.1) is 0 Å². The van der Waals surface area contributed by atoms with Gasteiger partial charge in [-0.05, 0) is 72.1 Å². The van der Waals surface area contributed by atoms with Gasteiger partial charge in [-0.2, -0.15) is 0 Å². The van der Waals surface area contributed by atoms with Gasteiger partial charge in [0.2, 0.25) is 0 Å². The molecule has 0 spiro atoms. The molecule has 7 heteroatoms. The number of nitrogens with one attached hydrogen (secondary N) is 1. The topological polar surface area (TPSA) is 65.6 Å². The zero-order valence-electron chi connectivity index (χ0n) is 16.3. The first-order chi connectivity index (χ1) is 15.0. The van der Waals surface area contributed by atoms with Gasteiger partial charge in [0.1, 0.15) is 17.5 Å². The Balaban J connectivity index is 1.58. The fraction of sp³-hybridized carbons (Fsp3) is 0.125. The van der Waals surface area contributed by atoms with Crippen molar-refractivity contribution in [1.29, 1.82) is 0 Å². The van der Waals surface area contributed by atoms with Crippen LogP contribution in [0.4, 0.5) is 4.79 Å². The summed E-state index contributed by atoms with van der Waals surface area (Å²) < 4.78 is 5.64. The SMILES string of the molecule is O=C(Oc1ccc(Cl)cc1)N1CCc2c([nH]c3ccc(Cl)cc23)[C@H]1c1ccc(O)cc1. The Morgan fingerprint density at radius 2 is 1.71 bits per heavy atom. The molecule has 0 saturated carbocycles. The van der Waals surface area contributed by atoms with Gasteiger partial charge in [0.05, 0.1) is 0 Å². The van der Waals surface area contributed by atoms with Crippen LogP contribution in [0.1, 0.15) is 22.9 Å². The molecule has 4 aromatic rings. The number of aromatic nitrogens is 1. The van der Waals surface area contributed by atoms with Crippen molar-refractivity contribution in [3.05, 3.63) is 93.6 Å². The molecule has 156 valence electrons. The number of hydrogen-bond acceptors (Lipinski definition) is 3. The van der Waals surface area contributed by atoms with Gasteiger partial charge in [0.15, 0.2) is 0 Å². The molecule has 0 bridgehead atoms. The monoisotopic (exact) mass is 452 g/mol. The van der Waals surface area contributed by atoms with Crippen LogP contribution in [0.3, 0.4) is 0 Å². The van der Waals surface area contributed by atoms with E-state index in [1.807, 2.05) is 30.3 Å². The number of phenols is 1. The molecule has 5 rings (SSSR count).